The lowest BCUT2D eigenvalue weighted by Crippen LogP contribution is -2.28. The number of benzene rings is 2. The average molecular weight is 295 g/mol. The lowest BCUT2D eigenvalue weighted by atomic mass is 9.93. The van der Waals surface area contributed by atoms with E-state index < -0.39 is 0 Å². The van der Waals surface area contributed by atoms with Crippen LogP contribution in [0.15, 0.2) is 48.7 Å². The van der Waals surface area contributed by atoms with Crippen LogP contribution in [-0.2, 0) is 4.79 Å². The van der Waals surface area contributed by atoms with E-state index >= 15 is 0 Å². The van der Waals surface area contributed by atoms with Gasteiger partial charge >= 0.3 is 0 Å². The maximum atomic E-state index is 13.7. The molecule has 0 bridgehead atoms. The molecule has 4 heteroatoms. The first kappa shape index (κ1) is 13.1. The second kappa shape index (κ2) is 4.70. The SMILES string of the molecule is Cc1cccc2c1C1CC(=O)C=CN1c1cc(F)ccc1O2. The van der Waals surface area contributed by atoms with E-state index in [2.05, 4.69) is 0 Å². The number of carbonyl (C=O) groups is 1. The van der Waals surface area contributed by atoms with Crippen molar-refractivity contribution in [2.45, 2.75) is 19.4 Å². The standard InChI is InChI=1S/C18H14FNO2/c1-11-3-2-4-17-18(11)15-10-13(21)7-8-20(15)14-9-12(19)5-6-16(14)22-17/h2-9,15H,10H2,1H3. The summed E-state index contributed by atoms with van der Waals surface area (Å²) in [6.45, 7) is 2.00. The summed E-state index contributed by atoms with van der Waals surface area (Å²) in [4.78, 5) is 13.8. The van der Waals surface area contributed by atoms with Crippen LogP contribution in [-0.4, -0.2) is 5.78 Å². The van der Waals surface area contributed by atoms with Crippen LogP contribution in [0, 0.1) is 12.7 Å². The van der Waals surface area contributed by atoms with E-state index in [-0.39, 0.29) is 17.6 Å². The minimum atomic E-state index is -0.325. The van der Waals surface area contributed by atoms with Crippen molar-refractivity contribution in [2.75, 3.05) is 4.90 Å². The van der Waals surface area contributed by atoms with Gasteiger partial charge in [0.05, 0.1) is 11.7 Å². The number of hydrogen-bond donors (Lipinski definition) is 0. The van der Waals surface area contributed by atoms with E-state index in [4.69, 9.17) is 4.74 Å². The van der Waals surface area contributed by atoms with Crippen LogP contribution in [0.5, 0.6) is 11.5 Å². The Kier molecular flexibility index (Phi) is 2.79. The van der Waals surface area contributed by atoms with Gasteiger partial charge in [-0.2, -0.15) is 0 Å². The Balaban J connectivity index is 2.00. The largest absolute Gasteiger partial charge is 0.455 e. The second-order valence-corrected chi connectivity index (χ2v) is 5.61. The van der Waals surface area contributed by atoms with E-state index in [1.165, 1.54) is 18.2 Å². The molecule has 2 aliphatic heterocycles. The number of anilines is 1. The van der Waals surface area contributed by atoms with Crippen LogP contribution < -0.4 is 9.64 Å². The predicted molar refractivity (Wildman–Crippen MR) is 81.6 cm³/mol. The first-order valence-corrected chi connectivity index (χ1v) is 7.20. The molecule has 0 N–H and O–H groups in total. The Morgan fingerprint density at radius 2 is 2.09 bits per heavy atom. The summed E-state index contributed by atoms with van der Waals surface area (Å²) in [7, 11) is 0. The lowest BCUT2D eigenvalue weighted by Gasteiger charge is -2.32. The van der Waals surface area contributed by atoms with Crippen LogP contribution in [0.3, 0.4) is 0 Å². The Morgan fingerprint density at radius 1 is 1.23 bits per heavy atom. The van der Waals surface area contributed by atoms with Crippen molar-refractivity contribution in [1.29, 1.82) is 0 Å². The number of hydrogen-bond acceptors (Lipinski definition) is 3. The molecule has 1 atom stereocenters. The van der Waals surface area contributed by atoms with Gasteiger partial charge in [0.15, 0.2) is 11.5 Å². The van der Waals surface area contributed by atoms with Gasteiger partial charge in [0.25, 0.3) is 0 Å². The van der Waals surface area contributed by atoms with E-state index in [0.29, 0.717) is 17.9 Å². The Labute approximate surface area is 127 Å². The molecule has 2 aromatic rings. The maximum absolute atomic E-state index is 13.7. The molecule has 0 radical (unpaired) electrons. The summed E-state index contributed by atoms with van der Waals surface area (Å²) in [6, 6.07) is 10.1. The van der Waals surface area contributed by atoms with E-state index in [1.807, 2.05) is 30.0 Å². The minimum absolute atomic E-state index is 0.0651. The summed E-state index contributed by atoms with van der Waals surface area (Å²) in [5.74, 6) is 1.06. The van der Waals surface area contributed by atoms with Crippen LogP contribution >= 0.6 is 0 Å². The van der Waals surface area contributed by atoms with Gasteiger partial charge in [-0.1, -0.05) is 12.1 Å². The van der Waals surface area contributed by atoms with Crippen molar-refractivity contribution >= 4 is 11.5 Å². The zero-order valence-electron chi connectivity index (χ0n) is 12.0. The minimum Gasteiger partial charge on any atom is -0.455 e. The maximum Gasteiger partial charge on any atom is 0.159 e. The fraction of sp³-hybridized carbons (Fsp3) is 0.167. The van der Waals surface area contributed by atoms with Crippen molar-refractivity contribution < 1.29 is 13.9 Å². The molecule has 0 amide bonds. The molecule has 0 fully saturated rings. The Morgan fingerprint density at radius 3 is 2.95 bits per heavy atom. The highest BCUT2D eigenvalue weighted by atomic mass is 19.1. The van der Waals surface area contributed by atoms with Crippen molar-refractivity contribution in [1.82, 2.24) is 0 Å². The number of allylic oxidation sites excluding steroid dienone is 1. The zero-order valence-corrected chi connectivity index (χ0v) is 12.0. The third-order valence-electron chi connectivity index (χ3n) is 4.19. The number of aryl methyl sites for hydroxylation is 1. The van der Waals surface area contributed by atoms with Crippen LogP contribution in [0.2, 0.25) is 0 Å². The highest BCUT2D eigenvalue weighted by molar-refractivity contribution is 5.93. The average Bonchev–Trinajstić information content (AvgIpc) is 2.62. The van der Waals surface area contributed by atoms with Gasteiger partial charge in [0.2, 0.25) is 0 Å². The van der Waals surface area contributed by atoms with Crippen molar-refractivity contribution in [2.24, 2.45) is 0 Å². The molecular weight excluding hydrogens is 281 g/mol. The molecule has 0 saturated carbocycles. The molecule has 2 heterocycles. The number of nitrogens with zero attached hydrogens (tertiary/aromatic N) is 1. The first-order chi connectivity index (χ1) is 10.6. The van der Waals surface area contributed by atoms with Gasteiger partial charge in [-0.3, -0.25) is 4.79 Å². The molecule has 2 aromatic carbocycles. The molecule has 2 aliphatic rings. The summed E-state index contributed by atoms with van der Waals surface area (Å²) < 4.78 is 19.7. The first-order valence-electron chi connectivity index (χ1n) is 7.20. The Bertz CT molecular complexity index is 813. The van der Waals surface area contributed by atoms with Crippen molar-refractivity contribution in [3.8, 4) is 11.5 Å². The van der Waals surface area contributed by atoms with Gasteiger partial charge in [0, 0.05) is 24.3 Å². The molecule has 4 rings (SSSR count). The van der Waals surface area contributed by atoms with E-state index in [0.717, 1.165) is 16.9 Å². The van der Waals surface area contributed by atoms with Gasteiger partial charge in [0.1, 0.15) is 11.6 Å². The molecule has 0 aliphatic carbocycles. The van der Waals surface area contributed by atoms with Gasteiger partial charge in [-0.15, -0.1) is 0 Å². The fourth-order valence-corrected chi connectivity index (χ4v) is 3.18. The summed E-state index contributed by atoms with van der Waals surface area (Å²) >= 11 is 0. The number of fused-ring (bicyclic) bond motifs is 5. The number of rotatable bonds is 0. The van der Waals surface area contributed by atoms with Gasteiger partial charge < -0.3 is 9.64 Å². The van der Waals surface area contributed by atoms with E-state index in [1.54, 1.807) is 12.3 Å². The number of ketones is 1. The van der Waals surface area contributed by atoms with Crippen LogP contribution in [0.25, 0.3) is 0 Å². The van der Waals surface area contributed by atoms with Crippen molar-refractivity contribution in [3.05, 3.63) is 65.6 Å². The Hall–Kier alpha value is -2.62. The third kappa shape index (κ3) is 1.91. The highest BCUT2D eigenvalue weighted by Crippen LogP contribution is 2.47. The molecule has 22 heavy (non-hydrogen) atoms. The smallest absolute Gasteiger partial charge is 0.159 e. The van der Waals surface area contributed by atoms with Gasteiger partial charge in [-0.25, -0.2) is 4.39 Å². The molecule has 110 valence electrons. The van der Waals surface area contributed by atoms with Crippen LogP contribution in [0.4, 0.5) is 10.1 Å². The van der Waals surface area contributed by atoms with Gasteiger partial charge in [-0.05, 0) is 36.8 Å². The molecule has 0 spiro atoms. The summed E-state index contributed by atoms with van der Waals surface area (Å²) in [5, 5.41) is 0. The van der Waals surface area contributed by atoms with Crippen LogP contribution in [0.1, 0.15) is 23.6 Å². The number of carbonyl (C=O) groups excluding carboxylic acids is 1. The molecule has 3 nitrogen and oxygen atoms in total. The fourth-order valence-electron chi connectivity index (χ4n) is 3.18. The number of ether oxygens (including phenoxy) is 1. The lowest BCUT2D eigenvalue weighted by molar-refractivity contribution is -0.115. The monoisotopic (exact) mass is 295 g/mol. The molecule has 1 unspecified atom stereocenters. The topological polar surface area (TPSA) is 29.5 Å². The third-order valence-corrected chi connectivity index (χ3v) is 4.19. The highest BCUT2D eigenvalue weighted by Gasteiger charge is 2.33. The molecular formula is C18H14FNO2. The summed E-state index contributed by atoms with van der Waals surface area (Å²) in [5.41, 5.74) is 2.69. The quantitative estimate of drug-likeness (QED) is 0.726. The second-order valence-electron chi connectivity index (χ2n) is 5.61. The summed E-state index contributed by atoms with van der Waals surface area (Å²) in [6.07, 6.45) is 3.61. The predicted octanol–water partition coefficient (Wildman–Crippen LogP) is 4.27. The van der Waals surface area contributed by atoms with E-state index in [9.17, 15) is 9.18 Å². The number of halogens is 1. The molecule has 0 aromatic heterocycles. The van der Waals surface area contributed by atoms with Crippen molar-refractivity contribution in [3.63, 3.8) is 0 Å². The molecule has 0 saturated heterocycles. The normalized spacial score (nSPS) is 18.9. The zero-order chi connectivity index (χ0) is 15.3.